The molecule has 0 aromatic rings. The predicted molar refractivity (Wildman–Crippen MR) is 45.9 cm³/mol. The molecule has 2 heteroatoms. The first-order valence-corrected chi connectivity index (χ1v) is 4.41. The summed E-state index contributed by atoms with van der Waals surface area (Å²) in [6, 6.07) is 0. The van der Waals surface area contributed by atoms with Crippen molar-refractivity contribution in [2.75, 3.05) is 0 Å². The summed E-state index contributed by atoms with van der Waals surface area (Å²) in [5.74, 6) is 0. The molecule has 3 rings (SSSR count). The number of rotatable bonds is 0. The molecule has 0 aromatic heterocycles. The Balaban J connectivity index is 2.16. The topological polar surface area (TPSA) is 26.0 Å². The zero-order chi connectivity index (χ0) is 7.24. The largest absolute Gasteiger partial charge is 0.325 e. The molecule has 0 spiro atoms. The molecule has 3 aliphatic rings. The van der Waals surface area contributed by atoms with Gasteiger partial charge in [-0.1, -0.05) is 24.6 Å². The zero-order valence-corrected chi connectivity index (χ0v) is 6.82. The van der Waals surface area contributed by atoms with E-state index in [0.29, 0.717) is 5.31 Å². The Morgan fingerprint density at radius 1 is 0.900 bits per heavy atom. The van der Waals surface area contributed by atoms with Crippen molar-refractivity contribution in [2.24, 2.45) is 5.73 Å². The molecule has 10 heavy (non-hydrogen) atoms. The Bertz CT molecular complexity index is 113. The van der Waals surface area contributed by atoms with E-state index in [4.69, 9.17) is 5.73 Å². The number of hydrogen-bond donors (Lipinski definition) is 1. The van der Waals surface area contributed by atoms with Gasteiger partial charge in [0.2, 0.25) is 0 Å². The van der Waals surface area contributed by atoms with E-state index in [1.54, 1.807) is 0 Å². The lowest BCUT2D eigenvalue weighted by atomic mass is 9.49. The lowest BCUT2D eigenvalue weighted by Gasteiger charge is -2.50. The molecule has 56 valence electrons. The maximum atomic E-state index is 6.16. The Morgan fingerprint density at radius 2 is 1.30 bits per heavy atom. The van der Waals surface area contributed by atoms with E-state index in [-0.39, 0.29) is 5.54 Å². The number of hydrogen-bond acceptors (Lipinski definition) is 1. The van der Waals surface area contributed by atoms with Crippen LogP contribution in [0.2, 0.25) is 5.31 Å². The normalized spacial score (nSPS) is 53.3. The Hall–Kier alpha value is 0.0249. The van der Waals surface area contributed by atoms with Gasteiger partial charge >= 0.3 is 0 Å². The van der Waals surface area contributed by atoms with Gasteiger partial charge in [-0.15, -0.1) is 0 Å². The summed E-state index contributed by atoms with van der Waals surface area (Å²) < 4.78 is 0. The first-order chi connectivity index (χ1) is 4.62. The third-order valence-corrected chi connectivity index (χ3v) is 3.68. The molecule has 2 bridgehead atoms. The highest BCUT2D eigenvalue weighted by Crippen LogP contribution is 2.53. The minimum Gasteiger partial charge on any atom is -0.325 e. The third-order valence-electron chi connectivity index (χ3n) is 3.68. The lowest BCUT2D eigenvalue weighted by Crippen LogP contribution is -2.49. The zero-order valence-electron chi connectivity index (χ0n) is 6.82. The van der Waals surface area contributed by atoms with Crippen LogP contribution < -0.4 is 5.73 Å². The molecule has 3 fully saturated rings. The van der Waals surface area contributed by atoms with Crippen molar-refractivity contribution >= 4 is 7.85 Å². The van der Waals surface area contributed by atoms with Gasteiger partial charge in [-0.25, -0.2) is 0 Å². The van der Waals surface area contributed by atoms with E-state index in [0.717, 1.165) is 0 Å². The van der Waals surface area contributed by atoms with Crippen LogP contribution in [0.3, 0.4) is 0 Å². The molecule has 0 aromatic carbocycles. The molecule has 0 heterocycles. The maximum Gasteiger partial charge on any atom is 0.109 e. The van der Waals surface area contributed by atoms with Crippen LogP contribution in [0.5, 0.6) is 0 Å². The van der Waals surface area contributed by atoms with Crippen LogP contribution in [0.1, 0.15) is 38.5 Å². The first-order valence-electron chi connectivity index (χ1n) is 4.41. The van der Waals surface area contributed by atoms with Gasteiger partial charge in [0.05, 0.1) is 0 Å². The van der Waals surface area contributed by atoms with Crippen molar-refractivity contribution < 1.29 is 0 Å². The molecule has 0 amide bonds. The SMILES string of the molecule is BC12CCC(N)(CC1)CC2. The third kappa shape index (κ3) is 0.896. The highest BCUT2D eigenvalue weighted by atomic mass is 14.8. The second-order valence-corrected chi connectivity index (χ2v) is 4.67. The lowest BCUT2D eigenvalue weighted by molar-refractivity contribution is 0.154. The quantitative estimate of drug-likeness (QED) is 0.492. The Morgan fingerprint density at radius 3 is 1.60 bits per heavy atom. The fourth-order valence-electron chi connectivity index (χ4n) is 2.40. The van der Waals surface area contributed by atoms with E-state index in [9.17, 15) is 0 Å². The molecule has 3 saturated carbocycles. The van der Waals surface area contributed by atoms with E-state index in [2.05, 4.69) is 7.85 Å². The molecule has 1 nitrogen and oxygen atoms in total. The minimum absolute atomic E-state index is 0.262. The van der Waals surface area contributed by atoms with E-state index < -0.39 is 0 Å². The predicted octanol–water partition coefficient (Wildman–Crippen LogP) is 0.844. The standard InChI is InChI=1S/C8H16BN/c9-7-1-4-8(10,5-2-7)6-3-7/h1-6,9-10H2. The van der Waals surface area contributed by atoms with Gasteiger partial charge in [-0.2, -0.15) is 0 Å². The summed E-state index contributed by atoms with van der Waals surface area (Å²) in [5.41, 5.74) is 6.42. The Labute approximate surface area is 63.8 Å². The molecule has 0 radical (unpaired) electrons. The average molecular weight is 137 g/mol. The van der Waals surface area contributed by atoms with Gasteiger partial charge in [-0.3, -0.25) is 0 Å². The van der Waals surface area contributed by atoms with E-state index in [1.165, 1.54) is 38.5 Å². The van der Waals surface area contributed by atoms with Crippen molar-refractivity contribution in [3.8, 4) is 0 Å². The summed E-state index contributed by atoms with van der Waals surface area (Å²) in [6.07, 6.45) is 7.98. The van der Waals surface area contributed by atoms with Crippen molar-refractivity contribution in [3.63, 3.8) is 0 Å². The van der Waals surface area contributed by atoms with Crippen LogP contribution in [0.4, 0.5) is 0 Å². The molecule has 0 saturated heterocycles. The molecule has 0 unspecified atom stereocenters. The van der Waals surface area contributed by atoms with Crippen LogP contribution >= 0.6 is 0 Å². The van der Waals surface area contributed by atoms with Crippen molar-refractivity contribution in [1.82, 2.24) is 0 Å². The van der Waals surface area contributed by atoms with Gasteiger partial charge in [-0.05, 0) is 19.3 Å². The van der Waals surface area contributed by atoms with Gasteiger partial charge in [0, 0.05) is 5.54 Å². The monoisotopic (exact) mass is 137 g/mol. The fourth-order valence-corrected chi connectivity index (χ4v) is 2.40. The Kier molecular flexibility index (Phi) is 1.20. The maximum absolute atomic E-state index is 6.16. The number of fused-ring (bicyclic) bond motifs is 3. The highest BCUT2D eigenvalue weighted by Gasteiger charge is 2.43. The molecular formula is C8H16BN. The van der Waals surface area contributed by atoms with Crippen molar-refractivity contribution in [2.45, 2.75) is 49.4 Å². The summed E-state index contributed by atoms with van der Waals surface area (Å²) in [6.45, 7) is 0. The van der Waals surface area contributed by atoms with Gasteiger partial charge < -0.3 is 5.73 Å². The van der Waals surface area contributed by atoms with Crippen LogP contribution in [0.25, 0.3) is 0 Å². The molecule has 3 aliphatic carbocycles. The van der Waals surface area contributed by atoms with Crippen molar-refractivity contribution in [1.29, 1.82) is 0 Å². The van der Waals surface area contributed by atoms with Crippen LogP contribution in [-0.2, 0) is 0 Å². The summed E-state index contributed by atoms with van der Waals surface area (Å²) in [5, 5.41) is 0.682. The van der Waals surface area contributed by atoms with Crippen LogP contribution in [-0.4, -0.2) is 13.4 Å². The van der Waals surface area contributed by atoms with Crippen molar-refractivity contribution in [3.05, 3.63) is 0 Å². The second-order valence-electron chi connectivity index (χ2n) is 4.67. The molecular weight excluding hydrogens is 121 g/mol. The minimum atomic E-state index is 0.262. The van der Waals surface area contributed by atoms with Crippen LogP contribution in [0, 0.1) is 0 Å². The molecule has 0 aliphatic heterocycles. The summed E-state index contributed by atoms with van der Waals surface area (Å²) >= 11 is 0. The molecule has 0 atom stereocenters. The van der Waals surface area contributed by atoms with Gasteiger partial charge in [0.1, 0.15) is 7.85 Å². The molecule has 2 N–H and O–H groups in total. The first kappa shape index (κ1) is 6.72. The number of nitrogens with two attached hydrogens (primary N) is 1. The van der Waals surface area contributed by atoms with Gasteiger partial charge in [0.25, 0.3) is 0 Å². The smallest absolute Gasteiger partial charge is 0.109 e. The van der Waals surface area contributed by atoms with E-state index >= 15 is 0 Å². The summed E-state index contributed by atoms with van der Waals surface area (Å²) in [7, 11) is 2.42. The van der Waals surface area contributed by atoms with Crippen LogP contribution in [0.15, 0.2) is 0 Å². The fraction of sp³-hybridized carbons (Fsp3) is 1.00. The average Bonchev–Trinajstić information content (AvgIpc) is 1.93. The highest BCUT2D eigenvalue weighted by molar-refractivity contribution is 6.15. The second kappa shape index (κ2) is 1.79. The van der Waals surface area contributed by atoms with E-state index in [1.807, 2.05) is 0 Å². The van der Waals surface area contributed by atoms with Gasteiger partial charge in [0.15, 0.2) is 0 Å². The summed E-state index contributed by atoms with van der Waals surface area (Å²) in [4.78, 5) is 0.